The van der Waals surface area contributed by atoms with Crippen molar-refractivity contribution in [2.45, 2.75) is 19.4 Å². The molecule has 1 aromatic heterocycles. The molecule has 0 spiro atoms. The average Bonchev–Trinajstić information content (AvgIpc) is 2.76. The standard InChI is InChI=1S/C14H14N2/c1-10-4-2-5-11-8-13(16-14(10)11)12-6-3-7-15-9-12/h2-7,9,13,16H,8H2,1H3. The van der Waals surface area contributed by atoms with Gasteiger partial charge in [-0.25, -0.2) is 0 Å². The van der Waals surface area contributed by atoms with Crippen LogP contribution >= 0.6 is 0 Å². The molecule has 1 unspecified atom stereocenters. The number of benzene rings is 1. The SMILES string of the molecule is Cc1cccc2c1NC(c1cccnc1)C2. The molecule has 2 heterocycles. The maximum Gasteiger partial charge on any atom is 0.0570 e. The maximum absolute atomic E-state index is 4.17. The largest absolute Gasteiger partial charge is 0.377 e. The number of pyridine rings is 1. The van der Waals surface area contributed by atoms with Gasteiger partial charge in [0.2, 0.25) is 0 Å². The van der Waals surface area contributed by atoms with Crippen molar-refractivity contribution in [3.63, 3.8) is 0 Å². The van der Waals surface area contributed by atoms with E-state index in [1.807, 2.05) is 18.5 Å². The molecule has 0 saturated heterocycles. The molecule has 0 radical (unpaired) electrons. The van der Waals surface area contributed by atoms with Crippen LogP contribution in [0.2, 0.25) is 0 Å². The van der Waals surface area contributed by atoms with Gasteiger partial charge < -0.3 is 5.32 Å². The fraction of sp³-hybridized carbons (Fsp3) is 0.214. The molecular weight excluding hydrogens is 196 g/mol. The third-order valence-electron chi connectivity index (χ3n) is 3.19. The summed E-state index contributed by atoms with van der Waals surface area (Å²) in [6.07, 6.45) is 4.82. The molecule has 0 aliphatic carbocycles. The molecule has 2 aromatic rings. The molecule has 16 heavy (non-hydrogen) atoms. The fourth-order valence-corrected chi connectivity index (χ4v) is 2.33. The number of aromatic nitrogens is 1. The molecule has 0 bridgehead atoms. The molecule has 2 heteroatoms. The topological polar surface area (TPSA) is 24.9 Å². The van der Waals surface area contributed by atoms with E-state index in [0.717, 1.165) is 6.42 Å². The van der Waals surface area contributed by atoms with Gasteiger partial charge in [-0.3, -0.25) is 4.98 Å². The van der Waals surface area contributed by atoms with Gasteiger partial charge in [-0.15, -0.1) is 0 Å². The summed E-state index contributed by atoms with van der Waals surface area (Å²) in [4.78, 5) is 4.17. The average molecular weight is 210 g/mol. The van der Waals surface area contributed by atoms with Gasteiger partial charge in [0.15, 0.2) is 0 Å². The third kappa shape index (κ3) is 1.47. The number of fused-ring (bicyclic) bond motifs is 1. The van der Waals surface area contributed by atoms with Crippen molar-refractivity contribution >= 4 is 5.69 Å². The molecule has 3 rings (SSSR count). The Bertz CT molecular complexity index is 505. The van der Waals surface area contributed by atoms with Gasteiger partial charge in [0, 0.05) is 18.1 Å². The number of nitrogens with zero attached hydrogens (tertiary/aromatic N) is 1. The van der Waals surface area contributed by atoms with E-state index in [0.29, 0.717) is 6.04 Å². The Labute approximate surface area is 95.3 Å². The van der Waals surface area contributed by atoms with Crippen LogP contribution in [0.4, 0.5) is 5.69 Å². The predicted molar refractivity (Wildman–Crippen MR) is 65.5 cm³/mol. The van der Waals surface area contributed by atoms with Crippen molar-refractivity contribution in [3.05, 3.63) is 59.4 Å². The third-order valence-corrected chi connectivity index (χ3v) is 3.19. The van der Waals surface area contributed by atoms with Crippen LogP contribution in [0.25, 0.3) is 0 Å². The number of para-hydroxylation sites is 1. The Morgan fingerprint density at radius 3 is 2.94 bits per heavy atom. The predicted octanol–water partition coefficient (Wildman–Crippen LogP) is 3.10. The van der Waals surface area contributed by atoms with Gasteiger partial charge in [-0.2, -0.15) is 0 Å². The molecule has 1 atom stereocenters. The van der Waals surface area contributed by atoms with Gasteiger partial charge in [-0.05, 0) is 36.1 Å². The summed E-state index contributed by atoms with van der Waals surface area (Å²) < 4.78 is 0. The summed E-state index contributed by atoms with van der Waals surface area (Å²) in [7, 11) is 0. The normalized spacial score (nSPS) is 17.9. The summed E-state index contributed by atoms with van der Waals surface area (Å²) >= 11 is 0. The number of aryl methyl sites for hydroxylation is 1. The molecule has 1 aliphatic rings. The molecule has 80 valence electrons. The van der Waals surface area contributed by atoms with Crippen molar-refractivity contribution < 1.29 is 0 Å². The minimum atomic E-state index is 0.379. The fourth-order valence-electron chi connectivity index (χ4n) is 2.33. The van der Waals surface area contributed by atoms with Crippen LogP contribution in [0.1, 0.15) is 22.7 Å². The number of nitrogens with one attached hydrogen (secondary N) is 1. The van der Waals surface area contributed by atoms with Crippen LogP contribution in [0.3, 0.4) is 0 Å². The minimum absolute atomic E-state index is 0.379. The zero-order chi connectivity index (χ0) is 11.0. The smallest absolute Gasteiger partial charge is 0.0570 e. The monoisotopic (exact) mass is 210 g/mol. The molecule has 0 saturated carbocycles. The first kappa shape index (κ1) is 9.40. The second kappa shape index (κ2) is 3.63. The van der Waals surface area contributed by atoms with E-state index in [-0.39, 0.29) is 0 Å². The quantitative estimate of drug-likeness (QED) is 0.782. The van der Waals surface area contributed by atoms with Crippen LogP contribution in [0, 0.1) is 6.92 Å². The summed E-state index contributed by atoms with van der Waals surface area (Å²) in [5.74, 6) is 0. The van der Waals surface area contributed by atoms with E-state index < -0.39 is 0 Å². The van der Waals surface area contributed by atoms with Gasteiger partial charge >= 0.3 is 0 Å². The van der Waals surface area contributed by atoms with Gasteiger partial charge in [0.05, 0.1) is 6.04 Å². The van der Waals surface area contributed by atoms with E-state index >= 15 is 0 Å². The van der Waals surface area contributed by atoms with Crippen molar-refractivity contribution in [2.75, 3.05) is 5.32 Å². The number of hydrogen-bond acceptors (Lipinski definition) is 2. The van der Waals surface area contributed by atoms with Crippen molar-refractivity contribution in [2.24, 2.45) is 0 Å². The van der Waals surface area contributed by atoms with E-state index in [9.17, 15) is 0 Å². The van der Waals surface area contributed by atoms with E-state index in [1.54, 1.807) is 0 Å². The van der Waals surface area contributed by atoms with Crippen LogP contribution in [0.15, 0.2) is 42.7 Å². The highest BCUT2D eigenvalue weighted by atomic mass is 15.0. The van der Waals surface area contributed by atoms with Gasteiger partial charge in [0.25, 0.3) is 0 Å². The first-order valence-electron chi connectivity index (χ1n) is 5.59. The Morgan fingerprint density at radius 2 is 2.19 bits per heavy atom. The Morgan fingerprint density at radius 1 is 1.25 bits per heavy atom. The summed E-state index contributed by atoms with van der Waals surface area (Å²) in [5, 5.41) is 3.58. The van der Waals surface area contributed by atoms with E-state index in [2.05, 4.69) is 41.5 Å². The number of anilines is 1. The molecule has 1 aromatic carbocycles. The zero-order valence-electron chi connectivity index (χ0n) is 9.27. The summed E-state index contributed by atoms with van der Waals surface area (Å²) in [6, 6.07) is 11.0. The zero-order valence-corrected chi connectivity index (χ0v) is 9.27. The Kier molecular flexibility index (Phi) is 2.13. The Balaban J connectivity index is 1.94. The van der Waals surface area contributed by atoms with Crippen molar-refractivity contribution in [3.8, 4) is 0 Å². The van der Waals surface area contributed by atoms with Gasteiger partial charge in [-0.1, -0.05) is 24.3 Å². The highest BCUT2D eigenvalue weighted by Gasteiger charge is 2.22. The maximum atomic E-state index is 4.17. The Hall–Kier alpha value is -1.83. The number of rotatable bonds is 1. The van der Waals surface area contributed by atoms with Gasteiger partial charge in [0.1, 0.15) is 0 Å². The highest BCUT2D eigenvalue weighted by molar-refractivity contribution is 5.62. The molecule has 0 fully saturated rings. The first-order valence-corrected chi connectivity index (χ1v) is 5.59. The lowest BCUT2D eigenvalue weighted by Gasteiger charge is -2.11. The highest BCUT2D eigenvalue weighted by Crippen LogP contribution is 2.35. The molecule has 2 nitrogen and oxygen atoms in total. The summed E-state index contributed by atoms with van der Waals surface area (Å²) in [6.45, 7) is 2.15. The lowest BCUT2D eigenvalue weighted by atomic mass is 10.0. The van der Waals surface area contributed by atoms with Crippen LogP contribution in [0.5, 0.6) is 0 Å². The minimum Gasteiger partial charge on any atom is -0.377 e. The molecule has 0 amide bonds. The van der Waals surface area contributed by atoms with Crippen LogP contribution in [-0.4, -0.2) is 4.98 Å². The van der Waals surface area contributed by atoms with Crippen LogP contribution in [-0.2, 0) is 6.42 Å². The second-order valence-electron chi connectivity index (χ2n) is 4.30. The number of hydrogen-bond donors (Lipinski definition) is 1. The summed E-state index contributed by atoms with van der Waals surface area (Å²) in [5.41, 5.74) is 5.30. The van der Waals surface area contributed by atoms with Crippen LogP contribution < -0.4 is 5.32 Å². The first-order chi connectivity index (χ1) is 7.84. The lowest BCUT2D eigenvalue weighted by molar-refractivity contribution is 0.817. The molecule has 1 N–H and O–H groups in total. The second-order valence-corrected chi connectivity index (χ2v) is 4.30. The lowest BCUT2D eigenvalue weighted by Crippen LogP contribution is -2.05. The molecular formula is C14H14N2. The van der Waals surface area contributed by atoms with Crippen molar-refractivity contribution in [1.29, 1.82) is 0 Å². The van der Waals surface area contributed by atoms with Crippen molar-refractivity contribution in [1.82, 2.24) is 4.98 Å². The van der Waals surface area contributed by atoms with E-state index in [4.69, 9.17) is 0 Å². The van der Waals surface area contributed by atoms with E-state index in [1.165, 1.54) is 22.4 Å². The molecule has 1 aliphatic heterocycles.